The number of rotatable bonds is 9. The van der Waals surface area contributed by atoms with E-state index in [0.29, 0.717) is 22.9 Å². The third kappa shape index (κ3) is 6.47. The van der Waals surface area contributed by atoms with Crippen molar-refractivity contribution in [2.24, 2.45) is 11.7 Å². The lowest BCUT2D eigenvalue weighted by Crippen LogP contribution is -2.40. The molecule has 2 aromatic heterocycles. The molecular formula is C31H29F3N4O3. The average molecular weight is 563 g/mol. The van der Waals surface area contributed by atoms with E-state index in [-0.39, 0.29) is 47.8 Å². The smallest absolute Gasteiger partial charge is 0.433 e. The molecule has 0 aliphatic rings. The molecule has 1 amide bonds. The second kappa shape index (κ2) is 12.4. The maximum atomic E-state index is 13.9. The van der Waals surface area contributed by atoms with Crippen LogP contribution >= 0.6 is 0 Å². The molecule has 0 spiro atoms. The molecule has 2 heterocycles. The predicted octanol–water partition coefficient (Wildman–Crippen LogP) is 5.86. The van der Waals surface area contributed by atoms with Crippen molar-refractivity contribution < 1.29 is 22.4 Å². The summed E-state index contributed by atoms with van der Waals surface area (Å²) in [5, 5.41) is 9.72. The van der Waals surface area contributed by atoms with Crippen LogP contribution in [0.1, 0.15) is 64.8 Å². The molecule has 2 N–H and O–H groups in total. The third-order valence-electron chi connectivity index (χ3n) is 6.77. The number of benzene rings is 2. The van der Waals surface area contributed by atoms with Crippen LogP contribution in [-0.4, -0.2) is 28.9 Å². The number of halogens is 3. The fourth-order valence-electron chi connectivity index (χ4n) is 4.81. The van der Waals surface area contributed by atoms with Crippen LogP contribution in [0.15, 0.2) is 76.1 Å². The number of alkyl halides is 3. The molecule has 2 aromatic carbocycles. The Kier molecular flexibility index (Phi) is 8.89. The number of hydrogen-bond donors (Lipinski definition) is 1. The Morgan fingerprint density at radius 1 is 1.12 bits per heavy atom. The van der Waals surface area contributed by atoms with Gasteiger partial charge in [0.1, 0.15) is 17.0 Å². The molecule has 41 heavy (non-hydrogen) atoms. The molecule has 0 fully saturated rings. The van der Waals surface area contributed by atoms with Gasteiger partial charge in [0.25, 0.3) is 5.91 Å². The highest BCUT2D eigenvalue weighted by atomic mass is 19.4. The van der Waals surface area contributed by atoms with Gasteiger partial charge in [0, 0.05) is 24.7 Å². The van der Waals surface area contributed by atoms with Crippen LogP contribution in [-0.2, 0) is 12.6 Å². The van der Waals surface area contributed by atoms with E-state index in [1.807, 2.05) is 50.2 Å². The summed E-state index contributed by atoms with van der Waals surface area (Å²) in [4.78, 5) is 32.7. The maximum absolute atomic E-state index is 13.9. The lowest BCUT2D eigenvalue weighted by Gasteiger charge is -2.35. The number of hydrogen-bond acceptors (Lipinski definition) is 6. The van der Waals surface area contributed by atoms with Gasteiger partial charge in [-0.3, -0.25) is 14.6 Å². The second-order valence-electron chi connectivity index (χ2n) is 10.0. The number of aromatic nitrogens is 1. The van der Waals surface area contributed by atoms with Gasteiger partial charge in [-0.1, -0.05) is 44.2 Å². The fourth-order valence-corrected chi connectivity index (χ4v) is 4.81. The minimum atomic E-state index is -4.65. The van der Waals surface area contributed by atoms with Crippen LogP contribution in [0.3, 0.4) is 0 Å². The minimum absolute atomic E-state index is 0.0415. The first-order valence-corrected chi connectivity index (χ1v) is 13.1. The summed E-state index contributed by atoms with van der Waals surface area (Å²) < 4.78 is 45.7. The van der Waals surface area contributed by atoms with Gasteiger partial charge in [0.2, 0.25) is 0 Å². The minimum Gasteiger partial charge on any atom is -0.458 e. The Morgan fingerprint density at radius 3 is 2.44 bits per heavy atom. The Labute approximate surface area is 235 Å². The number of fused-ring (bicyclic) bond motifs is 1. The van der Waals surface area contributed by atoms with Crippen molar-refractivity contribution in [3.05, 3.63) is 111 Å². The third-order valence-corrected chi connectivity index (χ3v) is 6.77. The van der Waals surface area contributed by atoms with E-state index in [0.717, 1.165) is 23.9 Å². The molecule has 0 radical (unpaired) electrons. The molecular weight excluding hydrogens is 533 g/mol. The van der Waals surface area contributed by atoms with Gasteiger partial charge in [0.15, 0.2) is 5.43 Å². The quantitative estimate of drug-likeness (QED) is 0.274. The van der Waals surface area contributed by atoms with Crippen molar-refractivity contribution in [1.29, 1.82) is 5.26 Å². The second-order valence-corrected chi connectivity index (χ2v) is 10.0. The molecule has 0 bridgehead atoms. The van der Waals surface area contributed by atoms with Crippen molar-refractivity contribution in [2.45, 2.75) is 38.9 Å². The van der Waals surface area contributed by atoms with Gasteiger partial charge in [-0.15, -0.1) is 0 Å². The van der Waals surface area contributed by atoms with Crippen molar-refractivity contribution in [1.82, 2.24) is 9.88 Å². The molecule has 10 heteroatoms. The van der Waals surface area contributed by atoms with Crippen molar-refractivity contribution in [3.63, 3.8) is 0 Å². The first kappa shape index (κ1) is 29.5. The Hall–Kier alpha value is -4.49. The molecule has 1 unspecified atom stereocenters. The van der Waals surface area contributed by atoms with Crippen molar-refractivity contribution in [3.8, 4) is 6.07 Å². The normalized spacial score (nSPS) is 12.3. The maximum Gasteiger partial charge on any atom is 0.433 e. The zero-order valence-corrected chi connectivity index (χ0v) is 22.6. The monoisotopic (exact) mass is 562 g/mol. The predicted molar refractivity (Wildman–Crippen MR) is 148 cm³/mol. The zero-order valence-electron chi connectivity index (χ0n) is 22.6. The summed E-state index contributed by atoms with van der Waals surface area (Å²) in [5.74, 6) is -0.604. The van der Waals surface area contributed by atoms with E-state index >= 15 is 0 Å². The molecule has 0 saturated heterocycles. The standard InChI is InChI=1S/C31H29F3N4O3/c1-19(2)27(38(14-6-13-35)30(40)22-10-12-26(37-18-22)31(32,33)34)29-24(15-20-7-4-3-5-8-20)28(39)23-11-9-21(17-36)16-25(23)41-29/h3-5,7-12,16,18-19,27H,6,13-15,35H2,1-2H3. The number of carbonyl (C=O) groups excluding carboxylic acids is 1. The Morgan fingerprint density at radius 2 is 1.85 bits per heavy atom. The first-order chi connectivity index (χ1) is 19.5. The largest absolute Gasteiger partial charge is 0.458 e. The Bertz CT molecular complexity index is 1630. The molecule has 0 aliphatic heterocycles. The summed E-state index contributed by atoms with van der Waals surface area (Å²) in [6, 6.07) is 17.0. The van der Waals surface area contributed by atoms with Gasteiger partial charge in [0.05, 0.1) is 28.6 Å². The molecule has 212 valence electrons. The van der Waals surface area contributed by atoms with Crippen LogP contribution in [0.25, 0.3) is 11.0 Å². The first-order valence-electron chi connectivity index (χ1n) is 13.1. The van der Waals surface area contributed by atoms with Crippen LogP contribution in [0, 0.1) is 17.2 Å². The molecule has 1 atom stereocenters. The van der Waals surface area contributed by atoms with Crippen LogP contribution in [0.2, 0.25) is 0 Å². The van der Waals surface area contributed by atoms with Crippen LogP contribution in [0.5, 0.6) is 0 Å². The SMILES string of the molecule is CC(C)C(c1oc2cc(C#N)ccc2c(=O)c1Cc1ccccc1)N(CCCN)C(=O)c1ccc(C(F)(F)F)nc1. The Balaban J connectivity index is 1.91. The molecule has 0 saturated carbocycles. The molecule has 4 rings (SSSR count). The van der Waals surface area contributed by atoms with Crippen LogP contribution in [0.4, 0.5) is 13.2 Å². The van der Waals surface area contributed by atoms with Gasteiger partial charge >= 0.3 is 6.18 Å². The van der Waals surface area contributed by atoms with Gasteiger partial charge in [-0.25, -0.2) is 0 Å². The number of carbonyl (C=O) groups is 1. The summed E-state index contributed by atoms with van der Waals surface area (Å²) >= 11 is 0. The highest BCUT2D eigenvalue weighted by Gasteiger charge is 2.35. The molecule has 4 aromatic rings. The number of nitrogens with zero attached hydrogens (tertiary/aromatic N) is 3. The number of pyridine rings is 1. The van der Waals surface area contributed by atoms with Gasteiger partial charge < -0.3 is 15.1 Å². The molecule has 0 aliphatic carbocycles. The number of amides is 1. The highest BCUT2D eigenvalue weighted by molar-refractivity contribution is 5.94. The van der Waals surface area contributed by atoms with Crippen molar-refractivity contribution in [2.75, 3.05) is 13.1 Å². The lowest BCUT2D eigenvalue weighted by molar-refractivity contribution is -0.141. The number of nitriles is 1. The van der Waals surface area contributed by atoms with Crippen molar-refractivity contribution >= 4 is 16.9 Å². The lowest BCUT2D eigenvalue weighted by atomic mass is 9.91. The van der Waals surface area contributed by atoms with E-state index in [4.69, 9.17) is 10.2 Å². The number of nitrogens with two attached hydrogens (primary N) is 1. The van der Waals surface area contributed by atoms with E-state index < -0.39 is 23.8 Å². The summed E-state index contributed by atoms with van der Waals surface area (Å²) in [6.07, 6.45) is -3.13. The van der Waals surface area contributed by atoms with Gasteiger partial charge in [-0.2, -0.15) is 18.4 Å². The zero-order chi connectivity index (χ0) is 29.7. The van der Waals surface area contributed by atoms with E-state index in [1.165, 1.54) is 11.0 Å². The highest BCUT2D eigenvalue weighted by Crippen LogP contribution is 2.35. The average Bonchev–Trinajstić information content (AvgIpc) is 2.96. The van der Waals surface area contributed by atoms with E-state index in [9.17, 15) is 28.0 Å². The summed E-state index contributed by atoms with van der Waals surface area (Å²) in [5.41, 5.74) is 6.05. The summed E-state index contributed by atoms with van der Waals surface area (Å²) in [6.45, 7) is 4.13. The van der Waals surface area contributed by atoms with E-state index in [2.05, 4.69) is 4.98 Å². The summed E-state index contributed by atoms with van der Waals surface area (Å²) in [7, 11) is 0. The molecule has 7 nitrogen and oxygen atoms in total. The van der Waals surface area contributed by atoms with Crippen LogP contribution < -0.4 is 11.2 Å². The topological polar surface area (TPSA) is 113 Å². The van der Waals surface area contributed by atoms with Gasteiger partial charge in [-0.05, 0) is 54.8 Å². The van der Waals surface area contributed by atoms with E-state index in [1.54, 1.807) is 12.1 Å². The fraction of sp³-hybridized carbons (Fsp3) is 0.290.